The van der Waals surface area contributed by atoms with Gasteiger partial charge in [0.05, 0.1) is 5.57 Å². The average molecular weight is 484 g/mol. The molecule has 1 unspecified atom stereocenters. The van der Waals surface area contributed by atoms with Crippen molar-refractivity contribution in [2.24, 2.45) is 0 Å². The number of alkyl halides is 3. The van der Waals surface area contributed by atoms with E-state index in [1.165, 1.54) is 12.1 Å². The molecular formula is C18H19ClF3N2O8-. The van der Waals surface area contributed by atoms with E-state index in [-0.39, 0.29) is 16.3 Å². The summed E-state index contributed by atoms with van der Waals surface area (Å²) >= 11 is 6.26. The smallest absolute Gasteiger partial charge is 0.430 e. The molecule has 1 N–H and O–H groups in total. The largest absolute Gasteiger partial charge is 0.765 e. The van der Waals surface area contributed by atoms with E-state index in [0.29, 0.717) is 5.56 Å². The highest BCUT2D eigenvalue weighted by molar-refractivity contribution is 6.31. The topological polar surface area (TPSA) is 132 Å². The van der Waals surface area contributed by atoms with Gasteiger partial charge in [-0.2, -0.15) is 13.2 Å². The molecule has 2 rings (SSSR count). The summed E-state index contributed by atoms with van der Waals surface area (Å²) in [4.78, 5) is 31.2. The molecule has 178 valence electrons. The van der Waals surface area contributed by atoms with Crippen LogP contribution in [0.2, 0.25) is 5.02 Å². The maximum atomic E-state index is 13.7. The van der Waals surface area contributed by atoms with E-state index in [2.05, 4.69) is 9.68 Å². The lowest BCUT2D eigenvalue weighted by Crippen LogP contribution is -2.42. The van der Waals surface area contributed by atoms with Crippen LogP contribution in [0.1, 0.15) is 31.9 Å². The van der Waals surface area contributed by atoms with Crippen LogP contribution >= 0.6 is 11.6 Å². The predicted octanol–water partition coefficient (Wildman–Crippen LogP) is 3.48. The molecule has 0 aromatic heterocycles. The Morgan fingerprint density at radius 3 is 2.50 bits per heavy atom. The van der Waals surface area contributed by atoms with Gasteiger partial charge in [-0.1, -0.05) is 32.4 Å². The molecule has 1 aromatic carbocycles. The summed E-state index contributed by atoms with van der Waals surface area (Å²) < 4.78 is 50.9. The van der Waals surface area contributed by atoms with Crippen molar-refractivity contribution in [2.45, 2.75) is 44.6 Å². The number of ether oxygens (including phenoxy) is 2. The summed E-state index contributed by atoms with van der Waals surface area (Å²) in [6.07, 6.45) is -8.33. The minimum atomic E-state index is -5.00. The third-order valence-electron chi connectivity index (χ3n) is 4.25. The fourth-order valence-corrected chi connectivity index (χ4v) is 3.26. The second-order valence-corrected chi connectivity index (χ2v) is 8.11. The lowest BCUT2D eigenvalue weighted by molar-refractivity contribution is -0.759. The third-order valence-corrected chi connectivity index (χ3v) is 4.56. The van der Waals surface area contributed by atoms with Gasteiger partial charge in [0.1, 0.15) is 19.0 Å². The van der Waals surface area contributed by atoms with Gasteiger partial charge in [-0.3, -0.25) is 5.64 Å². The van der Waals surface area contributed by atoms with E-state index in [9.17, 15) is 33.3 Å². The number of carbonyl (C=O) groups is 1. The van der Waals surface area contributed by atoms with Crippen LogP contribution in [0.25, 0.3) is 6.08 Å². The molecule has 10 nitrogen and oxygen atoms in total. The molecule has 0 bridgehead atoms. The molecule has 0 radical (unpaired) electrons. The number of fused-ring (bicyclic) bond motifs is 1. The first-order valence-electron chi connectivity index (χ1n) is 9.00. The Bertz CT molecular complexity index is 901. The maximum Gasteiger partial charge on any atom is 0.430 e. The minimum absolute atomic E-state index is 0.103. The number of nitrogens with zero attached hydrogens (tertiary/aromatic N) is 1. The summed E-state index contributed by atoms with van der Waals surface area (Å²) in [5.74, 6) is -1.63. The van der Waals surface area contributed by atoms with Gasteiger partial charge in [-0.15, -0.1) is 10.1 Å². The monoisotopic (exact) mass is 483 g/mol. The van der Waals surface area contributed by atoms with Crippen LogP contribution in [-0.4, -0.2) is 42.7 Å². The second-order valence-electron chi connectivity index (χ2n) is 7.70. The van der Waals surface area contributed by atoms with Crippen molar-refractivity contribution in [3.8, 4) is 5.75 Å². The van der Waals surface area contributed by atoms with Gasteiger partial charge in [0, 0.05) is 10.6 Å². The molecule has 1 aromatic rings. The fraction of sp³-hybridized carbons (Fsp3) is 0.500. The molecule has 1 aliphatic heterocycles. The zero-order chi connectivity index (χ0) is 24.3. The summed E-state index contributed by atoms with van der Waals surface area (Å²) in [7, 11) is 0. The van der Waals surface area contributed by atoms with Crippen LogP contribution in [0, 0.1) is 15.3 Å². The van der Waals surface area contributed by atoms with E-state index in [1.807, 2.05) is 20.8 Å². The molecular weight excluding hydrogens is 465 g/mol. The second kappa shape index (κ2) is 9.90. The van der Waals surface area contributed by atoms with Gasteiger partial charge < -0.3 is 24.4 Å². The molecule has 0 saturated carbocycles. The molecule has 1 heterocycles. The van der Waals surface area contributed by atoms with Crippen molar-refractivity contribution in [3.63, 3.8) is 0 Å². The van der Waals surface area contributed by atoms with Crippen LogP contribution in [0.3, 0.4) is 0 Å². The highest BCUT2D eigenvalue weighted by Gasteiger charge is 2.49. The quantitative estimate of drug-likeness (QED) is 0.335. The SMILES string of the molecule is CC(C)(C)c1cc2c(cc1Cl)C=C(C(=O)OC(CON[O-])CO[N+](=O)[O-])[C@@H](C(F)(F)F)O2. The molecule has 1 aliphatic rings. The average Bonchev–Trinajstić information content (AvgIpc) is 2.66. The molecule has 2 atom stereocenters. The first-order valence-corrected chi connectivity index (χ1v) is 9.38. The van der Waals surface area contributed by atoms with Gasteiger partial charge >= 0.3 is 12.1 Å². The summed E-state index contributed by atoms with van der Waals surface area (Å²) in [6.45, 7) is 3.83. The molecule has 0 aliphatic carbocycles. The van der Waals surface area contributed by atoms with Crippen LogP contribution in [0.15, 0.2) is 17.7 Å². The normalized spacial score (nSPS) is 17.0. The Kier molecular flexibility index (Phi) is 7.93. The van der Waals surface area contributed by atoms with E-state index in [1.54, 1.807) is 0 Å². The van der Waals surface area contributed by atoms with E-state index in [0.717, 1.165) is 11.7 Å². The van der Waals surface area contributed by atoms with Gasteiger partial charge in [0.2, 0.25) is 6.10 Å². The third kappa shape index (κ3) is 6.45. The number of halogens is 4. The lowest BCUT2D eigenvalue weighted by Gasteiger charge is -2.30. The number of benzene rings is 1. The van der Waals surface area contributed by atoms with E-state index < -0.39 is 53.6 Å². The Labute approximate surface area is 184 Å². The van der Waals surface area contributed by atoms with E-state index >= 15 is 0 Å². The molecule has 32 heavy (non-hydrogen) atoms. The van der Waals surface area contributed by atoms with Crippen LogP contribution in [-0.2, 0) is 24.6 Å². The fourth-order valence-electron chi connectivity index (χ4n) is 2.81. The van der Waals surface area contributed by atoms with Crippen LogP contribution < -0.4 is 10.4 Å². The number of esters is 1. The molecule has 0 spiro atoms. The standard InChI is InChI=1S/C18H19ClF3N2O8/c1-17(2,3)12-6-14-9(5-13(12)19)4-11(15(32-14)18(20,21)22)16(25)31-10(7-29-23-26)8-30-24(27)28/h4-6,10,15,23H,7-8H2,1-3H3/q-1/t10?,15-/m0/s1. The van der Waals surface area contributed by atoms with Crippen molar-refractivity contribution < 1.29 is 42.2 Å². The van der Waals surface area contributed by atoms with Crippen molar-refractivity contribution in [2.75, 3.05) is 13.2 Å². The summed E-state index contributed by atoms with van der Waals surface area (Å²) in [5, 5.41) is 19.6. The Balaban J connectivity index is 2.41. The van der Waals surface area contributed by atoms with Gasteiger partial charge in [-0.05, 0) is 29.2 Å². The van der Waals surface area contributed by atoms with Crippen molar-refractivity contribution in [1.29, 1.82) is 0 Å². The Hall–Kier alpha value is -2.61. The zero-order valence-corrected chi connectivity index (χ0v) is 17.8. The highest BCUT2D eigenvalue weighted by Crippen LogP contribution is 2.42. The zero-order valence-electron chi connectivity index (χ0n) is 17.0. The number of rotatable bonds is 8. The summed E-state index contributed by atoms with van der Waals surface area (Å²) in [6, 6.07) is 2.73. The maximum absolute atomic E-state index is 13.7. The molecule has 0 amide bonds. The number of hydrogen-bond acceptors (Lipinski definition) is 9. The first kappa shape index (κ1) is 25.6. The lowest BCUT2D eigenvalue weighted by atomic mass is 9.85. The Morgan fingerprint density at radius 2 is 1.97 bits per heavy atom. The van der Waals surface area contributed by atoms with Crippen molar-refractivity contribution >= 4 is 23.6 Å². The van der Waals surface area contributed by atoms with Crippen LogP contribution in [0.4, 0.5) is 13.2 Å². The molecule has 14 heteroatoms. The van der Waals surface area contributed by atoms with Crippen LogP contribution in [0.5, 0.6) is 5.75 Å². The predicted molar refractivity (Wildman–Crippen MR) is 104 cm³/mol. The number of carbonyl (C=O) groups excluding carboxylic acids is 1. The van der Waals surface area contributed by atoms with Crippen molar-refractivity contribution in [3.05, 3.63) is 49.2 Å². The summed E-state index contributed by atoms with van der Waals surface area (Å²) in [5.41, 5.74) is 0.230. The number of hydrogen-bond donors (Lipinski definition) is 1. The van der Waals surface area contributed by atoms with E-state index in [4.69, 9.17) is 21.1 Å². The molecule has 0 fully saturated rings. The first-order chi connectivity index (χ1) is 14.7. The molecule has 0 saturated heterocycles. The highest BCUT2D eigenvalue weighted by atomic mass is 35.5. The van der Waals surface area contributed by atoms with Crippen molar-refractivity contribution in [1.82, 2.24) is 5.64 Å². The minimum Gasteiger partial charge on any atom is -0.765 e. The Morgan fingerprint density at radius 1 is 1.31 bits per heavy atom. The number of nitrogens with one attached hydrogen (secondary N) is 1. The van der Waals surface area contributed by atoms with Gasteiger partial charge in [0.15, 0.2) is 6.10 Å². The van der Waals surface area contributed by atoms with Gasteiger partial charge in [-0.25, -0.2) is 4.79 Å². The van der Waals surface area contributed by atoms with Gasteiger partial charge in [0.25, 0.3) is 5.09 Å².